The molecule has 1 heterocycles. The number of aromatic nitrogens is 4. The van der Waals surface area contributed by atoms with E-state index in [-0.39, 0.29) is 5.41 Å². The van der Waals surface area contributed by atoms with Gasteiger partial charge in [-0.3, -0.25) is 0 Å². The van der Waals surface area contributed by atoms with Gasteiger partial charge in [0.05, 0.1) is 13.2 Å². The first-order valence-electron chi connectivity index (χ1n) is 6.24. The Bertz CT molecular complexity index is 619. The van der Waals surface area contributed by atoms with Gasteiger partial charge in [0.1, 0.15) is 5.75 Å². The largest absolute Gasteiger partial charge is 0.497 e. The van der Waals surface area contributed by atoms with Crippen LogP contribution in [0, 0.1) is 5.41 Å². The summed E-state index contributed by atoms with van der Waals surface area (Å²) in [6.45, 7) is 4.41. The smallest absolute Gasteiger partial charge is 0.184 e. The molecule has 1 aliphatic rings. The first-order chi connectivity index (χ1) is 9.03. The van der Waals surface area contributed by atoms with Gasteiger partial charge >= 0.3 is 0 Å². The van der Waals surface area contributed by atoms with Crippen molar-refractivity contribution in [2.24, 2.45) is 5.41 Å². The molecule has 19 heavy (non-hydrogen) atoms. The second-order valence-corrected chi connectivity index (χ2v) is 5.61. The lowest BCUT2D eigenvalue weighted by Gasteiger charge is -2.09. The highest BCUT2D eigenvalue weighted by Crippen LogP contribution is 2.56. The molecule has 1 saturated carbocycles. The van der Waals surface area contributed by atoms with Crippen LogP contribution >= 0.6 is 0 Å². The van der Waals surface area contributed by atoms with E-state index in [0.717, 1.165) is 17.7 Å². The third kappa shape index (κ3) is 1.93. The number of methoxy groups -OCH3 is 1. The second kappa shape index (κ2) is 3.94. The Morgan fingerprint density at radius 1 is 1.42 bits per heavy atom. The molecule has 1 aromatic heterocycles. The van der Waals surface area contributed by atoms with Gasteiger partial charge in [0.25, 0.3) is 0 Å². The van der Waals surface area contributed by atoms with E-state index in [1.807, 2.05) is 22.9 Å². The van der Waals surface area contributed by atoms with E-state index in [2.05, 4.69) is 29.4 Å². The van der Waals surface area contributed by atoms with Crippen LogP contribution in [0.25, 0.3) is 11.4 Å². The van der Waals surface area contributed by atoms with Crippen molar-refractivity contribution in [3.8, 4) is 17.1 Å². The van der Waals surface area contributed by atoms with Crippen LogP contribution in [-0.2, 0) is 0 Å². The van der Waals surface area contributed by atoms with Crippen molar-refractivity contribution in [3.05, 3.63) is 18.2 Å². The Balaban J connectivity index is 2.06. The molecule has 6 nitrogen and oxygen atoms in total. The first kappa shape index (κ1) is 12.0. The number of hydrogen-bond donors (Lipinski definition) is 1. The average molecular weight is 259 g/mol. The maximum Gasteiger partial charge on any atom is 0.184 e. The summed E-state index contributed by atoms with van der Waals surface area (Å²) in [5.41, 5.74) is 7.74. The van der Waals surface area contributed by atoms with Crippen LogP contribution in [-0.4, -0.2) is 27.3 Å². The highest BCUT2D eigenvalue weighted by Gasteiger charge is 2.49. The number of tetrazole rings is 1. The minimum Gasteiger partial charge on any atom is -0.497 e. The molecular weight excluding hydrogens is 242 g/mol. The predicted molar refractivity (Wildman–Crippen MR) is 71.7 cm³/mol. The molecular formula is C13H17N5O. The molecule has 1 fully saturated rings. The maximum atomic E-state index is 6.03. The lowest BCUT2D eigenvalue weighted by molar-refractivity contribution is 0.415. The number of nitrogen functional groups attached to an aromatic ring is 1. The van der Waals surface area contributed by atoms with Gasteiger partial charge < -0.3 is 10.5 Å². The van der Waals surface area contributed by atoms with Crippen molar-refractivity contribution in [2.75, 3.05) is 12.8 Å². The van der Waals surface area contributed by atoms with Crippen LogP contribution in [0.15, 0.2) is 18.2 Å². The summed E-state index contributed by atoms with van der Waals surface area (Å²) < 4.78 is 7.10. The Labute approximate surface area is 111 Å². The van der Waals surface area contributed by atoms with E-state index in [4.69, 9.17) is 10.5 Å². The number of anilines is 1. The molecule has 0 radical (unpaired) electrons. The molecule has 0 bridgehead atoms. The van der Waals surface area contributed by atoms with Gasteiger partial charge in [-0.2, -0.15) is 0 Å². The molecule has 1 unspecified atom stereocenters. The van der Waals surface area contributed by atoms with Gasteiger partial charge in [0.2, 0.25) is 0 Å². The molecule has 0 amide bonds. The Kier molecular flexibility index (Phi) is 2.48. The summed E-state index contributed by atoms with van der Waals surface area (Å²) in [5.74, 6) is 1.45. The minimum absolute atomic E-state index is 0.248. The number of ether oxygens (including phenoxy) is 1. The molecule has 1 atom stereocenters. The molecule has 1 aliphatic carbocycles. The number of benzene rings is 1. The van der Waals surface area contributed by atoms with Gasteiger partial charge in [0, 0.05) is 11.3 Å². The molecule has 0 aliphatic heterocycles. The Morgan fingerprint density at radius 2 is 2.16 bits per heavy atom. The van der Waals surface area contributed by atoms with Crippen molar-refractivity contribution in [3.63, 3.8) is 0 Å². The topological polar surface area (TPSA) is 78.8 Å². The SMILES string of the molecule is COc1ccc(N)c(-c2nnnn2C2CC2(C)C)c1. The van der Waals surface area contributed by atoms with Crippen molar-refractivity contribution in [1.82, 2.24) is 20.2 Å². The number of rotatable bonds is 3. The summed E-state index contributed by atoms with van der Waals surface area (Å²) in [5, 5.41) is 12.0. The predicted octanol–water partition coefficient (Wildman–Crippen LogP) is 1.90. The zero-order valence-electron chi connectivity index (χ0n) is 11.3. The maximum absolute atomic E-state index is 6.03. The molecule has 0 saturated heterocycles. The third-order valence-electron chi connectivity index (χ3n) is 3.75. The van der Waals surface area contributed by atoms with E-state index in [9.17, 15) is 0 Å². The Hall–Kier alpha value is -2.11. The molecule has 1 aromatic carbocycles. The van der Waals surface area contributed by atoms with Crippen molar-refractivity contribution < 1.29 is 4.74 Å². The van der Waals surface area contributed by atoms with Gasteiger partial charge in [0.15, 0.2) is 5.82 Å². The molecule has 100 valence electrons. The zero-order chi connectivity index (χ0) is 13.6. The van der Waals surface area contributed by atoms with Gasteiger partial charge in [-0.05, 0) is 40.5 Å². The van der Waals surface area contributed by atoms with Crippen molar-refractivity contribution >= 4 is 5.69 Å². The van der Waals surface area contributed by atoms with Crippen molar-refractivity contribution in [2.45, 2.75) is 26.3 Å². The summed E-state index contributed by atoms with van der Waals surface area (Å²) in [6, 6.07) is 5.84. The normalized spacial score (nSPS) is 20.3. The fourth-order valence-electron chi connectivity index (χ4n) is 2.29. The fourth-order valence-corrected chi connectivity index (χ4v) is 2.29. The van der Waals surface area contributed by atoms with E-state index in [1.54, 1.807) is 7.11 Å². The second-order valence-electron chi connectivity index (χ2n) is 5.61. The van der Waals surface area contributed by atoms with E-state index < -0.39 is 0 Å². The fraction of sp³-hybridized carbons (Fsp3) is 0.462. The van der Waals surface area contributed by atoms with E-state index in [1.165, 1.54) is 0 Å². The summed E-state index contributed by atoms with van der Waals surface area (Å²) in [7, 11) is 1.63. The zero-order valence-corrected chi connectivity index (χ0v) is 11.3. The summed E-state index contributed by atoms with van der Waals surface area (Å²) in [6.07, 6.45) is 1.08. The van der Waals surface area contributed by atoms with Gasteiger partial charge in [-0.15, -0.1) is 5.10 Å². The van der Waals surface area contributed by atoms with Gasteiger partial charge in [-0.1, -0.05) is 13.8 Å². The molecule has 3 rings (SSSR count). The third-order valence-corrected chi connectivity index (χ3v) is 3.75. The van der Waals surface area contributed by atoms with Crippen LogP contribution in [0.5, 0.6) is 5.75 Å². The summed E-state index contributed by atoms with van der Waals surface area (Å²) >= 11 is 0. The monoisotopic (exact) mass is 259 g/mol. The van der Waals surface area contributed by atoms with Crippen LogP contribution in [0.4, 0.5) is 5.69 Å². The van der Waals surface area contributed by atoms with Gasteiger partial charge in [-0.25, -0.2) is 4.68 Å². The van der Waals surface area contributed by atoms with Crippen LogP contribution in [0.2, 0.25) is 0 Å². The van der Waals surface area contributed by atoms with E-state index >= 15 is 0 Å². The number of hydrogen-bond acceptors (Lipinski definition) is 5. The van der Waals surface area contributed by atoms with E-state index in [0.29, 0.717) is 17.6 Å². The van der Waals surface area contributed by atoms with Crippen LogP contribution in [0.1, 0.15) is 26.3 Å². The molecule has 2 N–H and O–H groups in total. The van der Waals surface area contributed by atoms with Crippen LogP contribution < -0.4 is 10.5 Å². The highest BCUT2D eigenvalue weighted by molar-refractivity contribution is 5.73. The lowest BCUT2D eigenvalue weighted by atomic mass is 10.1. The average Bonchev–Trinajstić information content (AvgIpc) is 2.82. The van der Waals surface area contributed by atoms with Crippen molar-refractivity contribution in [1.29, 1.82) is 0 Å². The molecule has 6 heteroatoms. The quantitative estimate of drug-likeness (QED) is 0.852. The van der Waals surface area contributed by atoms with Crippen LogP contribution in [0.3, 0.4) is 0 Å². The standard InChI is InChI=1S/C13H17N5O/c1-13(2)7-11(13)18-12(15-16-17-18)9-6-8(19-3)4-5-10(9)14/h4-6,11H,7,14H2,1-3H3. The number of nitrogens with zero attached hydrogens (tertiary/aromatic N) is 4. The number of nitrogens with two attached hydrogens (primary N) is 1. The first-order valence-corrected chi connectivity index (χ1v) is 6.24. The lowest BCUT2D eigenvalue weighted by Crippen LogP contribution is -2.06. The molecule has 2 aromatic rings. The Morgan fingerprint density at radius 3 is 2.79 bits per heavy atom. The highest BCUT2D eigenvalue weighted by atomic mass is 16.5. The molecule has 0 spiro atoms. The summed E-state index contributed by atoms with van der Waals surface area (Å²) in [4.78, 5) is 0. The minimum atomic E-state index is 0.248.